The SMILES string of the molecule is COc1cc(C(=O)NCC2Cc3ccccc3CO2)c([N+](=O)[O-])cc1OC. The summed E-state index contributed by atoms with van der Waals surface area (Å²) in [7, 11) is 2.78. The molecule has 0 saturated heterocycles. The second-order valence-corrected chi connectivity index (χ2v) is 6.10. The van der Waals surface area contributed by atoms with Crippen LogP contribution in [0.4, 0.5) is 5.69 Å². The van der Waals surface area contributed by atoms with Crippen LogP contribution in [-0.2, 0) is 17.8 Å². The first-order chi connectivity index (χ1) is 13.0. The number of carbonyl (C=O) groups excluding carboxylic acids is 1. The Balaban J connectivity index is 1.73. The minimum Gasteiger partial charge on any atom is -0.493 e. The number of ether oxygens (including phenoxy) is 3. The average Bonchev–Trinajstić information content (AvgIpc) is 2.70. The zero-order chi connectivity index (χ0) is 19.4. The van der Waals surface area contributed by atoms with E-state index in [-0.39, 0.29) is 35.4 Å². The molecule has 2 aromatic rings. The van der Waals surface area contributed by atoms with Gasteiger partial charge in [0.15, 0.2) is 11.5 Å². The molecule has 3 rings (SSSR count). The molecule has 0 aliphatic carbocycles. The molecule has 0 saturated carbocycles. The smallest absolute Gasteiger partial charge is 0.286 e. The molecule has 0 bridgehead atoms. The highest BCUT2D eigenvalue weighted by Gasteiger charge is 2.26. The fourth-order valence-electron chi connectivity index (χ4n) is 3.04. The Kier molecular flexibility index (Phi) is 5.56. The van der Waals surface area contributed by atoms with Crippen LogP contribution in [0.1, 0.15) is 21.5 Å². The van der Waals surface area contributed by atoms with Crippen LogP contribution in [-0.4, -0.2) is 37.7 Å². The number of fused-ring (bicyclic) bond motifs is 1. The zero-order valence-corrected chi connectivity index (χ0v) is 15.1. The molecule has 8 heteroatoms. The Bertz CT molecular complexity index is 867. The minimum absolute atomic E-state index is 0.0890. The molecule has 1 N–H and O–H groups in total. The number of hydrogen-bond acceptors (Lipinski definition) is 6. The van der Waals surface area contributed by atoms with Gasteiger partial charge in [-0.15, -0.1) is 0 Å². The van der Waals surface area contributed by atoms with Crippen molar-refractivity contribution in [3.8, 4) is 11.5 Å². The van der Waals surface area contributed by atoms with Crippen LogP contribution in [0.15, 0.2) is 36.4 Å². The number of hydrogen-bond donors (Lipinski definition) is 1. The highest BCUT2D eigenvalue weighted by atomic mass is 16.6. The Labute approximate surface area is 156 Å². The average molecular weight is 372 g/mol. The van der Waals surface area contributed by atoms with Gasteiger partial charge in [-0.2, -0.15) is 0 Å². The van der Waals surface area contributed by atoms with E-state index in [2.05, 4.69) is 5.32 Å². The van der Waals surface area contributed by atoms with Crippen LogP contribution >= 0.6 is 0 Å². The van der Waals surface area contributed by atoms with E-state index in [1.165, 1.54) is 31.9 Å². The van der Waals surface area contributed by atoms with Crippen LogP contribution in [0.25, 0.3) is 0 Å². The van der Waals surface area contributed by atoms with Crippen LogP contribution in [0.2, 0.25) is 0 Å². The first-order valence-electron chi connectivity index (χ1n) is 8.40. The third-order valence-electron chi connectivity index (χ3n) is 4.47. The molecular formula is C19H20N2O6. The van der Waals surface area contributed by atoms with E-state index in [9.17, 15) is 14.9 Å². The third-order valence-corrected chi connectivity index (χ3v) is 4.47. The van der Waals surface area contributed by atoms with Gasteiger partial charge in [-0.3, -0.25) is 14.9 Å². The van der Waals surface area contributed by atoms with E-state index in [1.807, 2.05) is 24.3 Å². The van der Waals surface area contributed by atoms with Gasteiger partial charge in [0.2, 0.25) is 0 Å². The molecule has 0 fully saturated rings. The quantitative estimate of drug-likeness (QED) is 0.618. The predicted octanol–water partition coefficient (Wildman–Crippen LogP) is 2.48. The standard InChI is InChI=1S/C19H20N2O6/c1-25-17-8-15(16(21(23)24)9-18(17)26-2)19(22)20-10-14-7-12-5-3-4-6-13(12)11-27-14/h3-6,8-9,14H,7,10-11H2,1-2H3,(H,20,22). The van der Waals surface area contributed by atoms with E-state index >= 15 is 0 Å². The second-order valence-electron chi connectivity index (χ2n) is 6.10. The topological polar surface area (TPSA) is 99.9 Å². The number of nitrogens with zero attached hydrogens (tertiary/aromatic N) is 1. The van der Waals surface area contributed by atoms with Crippen molar-refractivity contribution in [3.63, 3.8) is 0 Å². The van der Waals surface area contributed by atoms with Gasteiger partial charge < -0.3 is 19.5 Å². The summed E-state index contributed by atoms with van der Waals surface area (Å²) in [6.07, 6.45) is 0.479. The number of nitro benzene ring substituents is 1. The van der Waals surface area contributed by atoms with E-state index in [1.54, 1.807) is 0 Å². The van der Waals surface area contributed by atoms with E-state index in [4.69, 9.17) is 14.2 Å². The van der Waals surface area contributed by atoms with Gasteiger partial charge in [-0.25, -0.2) is 0 Å². The van der Waals surface area contributed by atoms with Crippen LogP contribution < -0.4 is 14.8 Å². The highest BCUT2D eigenvalue weighted by molar-refractivity contribution is 5.99. The molecule has 1 aliphatic heterocycles. The molecule has 1 aliphatic rings. The lowest BCUT2D eigenvalue weighted by molar-refractivity contribution is -0.385. The van der Waals surface area contributed by atoms with E-state index in [0.29, 0.717) is 13.0 Å². The molecule has 0 aromatic heterocycles. The molecule has 1 heterocycles. The molecule has 142 valence electrons. The maximum absolute atomic E-state index is 12.6. The van der Waals surface area contributed by atoms with Gasteiger partial charge in [0, 0.05) is 19.0 Å². The Hall–Kier alpha value is -3.13. The van der Waals surface area contributed by atoms with Crippen molar-refractivity contribution in [2.75, 3.05) is 20.8 Å². The molecular weight excluding hydrogens is 352 g/mol. The van der Waals surface area contributed by atoms with Gasteiger partial charge in [0.25, 0.3) is 11.6 Å². The fraction of sp³-hybridized carbons (Fsp3) is 0.316. The number of benzene rings is 2. The van der Waals surface area contributed by atoms with Crippen LogP contribution in [0.5, 0.6) is 11.5 Å². The zero-order valence-electron chi connectivity index (χ0n) is 15.1. The minimum atomic E-state index is -0.621. The Morgan fingerprint density at radius 1 is 1.22 bits per heavy atom. The number of nitrogens with one attached hydrogen (secondary N) is 1. The molecule has 0 radical (unpaired) electrons. The maximum Gasteiger partial charge on any atom is 0.286 e. The van der Waals surface area contributed by atoms with Crippen molar-refractivity contribution in [2.45, 2.75) is 19.1 Å². The molecule has 0 spiro atoms. The molecule has 2 aromatic carbocycles. The summed E-state index contributed by atoms with van der Waals surface area (Å²) in [6.45, 7) is 0.728. The monoisotopic (exact) mass is 372 g/mol. The summed E-state index contributed by atoms with van der Waals surface area (Å²) < 4.78 is 16.0. The van der Waals surface area contributed by atoms with Gasteiger partial charge in [-0.1, -0.05) is 24.3 Å². The number of methoxy groups -OCH3 is 2. The van der Waals surface area contributed by atoms with E-state index < -0.39 is 10.8 Å². The summed E-state index contributed by atoms with van der Waals surface area (Å²) >= 11 is 0. The van der Waals surface area contributed by atoms with Gasteiger partial charge in [-0.05, 0) is 11.1 Å². The van der Waals surface area contributed by atoms with Crippen molar-refractivity contribution in [1.82, 2.24) is 5.32 Å². The first-order valence-corrected chi connectivity index (χ1v) is 8.40. The summed E-state index contributed by atoms with van der Waals surface area (Å²) in [6, 6.07) is 10.5. The summed E-state index contributed by atoms with van der Waals surface area (Å²) in [5.41, 5.74) is 1.88. The Morgan fingerprint density at radius 2 is 1.89 bits per heavy atom. The van der Waals surface area contributed by atoms with Gasteiger partial charge in [0.05, 0.1) is 37.9 Å². The summed E-state index contributed by atoms with van der Waals surface area (Å²) in [5.74, 6) is -0.130. The normalized spacial score (nSPS) is 15.6. The maximum atomic E-state index is 12.6. The van der Waals surface area contributed by atoms with E-state index in [0.717, 1.165) is 5.56 Å². The van der Waals surface area contributed by atoms with Crippen LogP contribution in [0.3, 0.4) is 0 Å². The van der Waals surface area contributed by atoms with Crippen molar-refractivity contribution >= 4 is 11.6 Å². The van der Waals surface area contributed by atoms with Gasteiger partial charge >= 0.3 is 0 Å². The molecule has 27 heavy (non-hydrogen) atoms. The van der Waals surface area contributed by atoms with Crippen molar-refractivity contribution in [2.24, 2.45) is 0 Å². The highest BCUT2D eigenvalue weighted by Crippen LogP contribution is 2.34. The number of carbonyl (C=O) groups is 1. The molecule has 1 unspecified atom stereocenters. The number of nitro groups is 1. The first kappa shape index (κ1) is 18.7. The van der Waals surface area contributed by atoms with Gasteiger partial charge in [0.1, 0.15) is 5.56 Å². The number of rotatable bonds is 6. The van der Waals surface area contributed by atoms with Crippen molar-refractivity contribution in [1.29, 1.82) is 0 Å². The van der Waals surface area contributed by atoms with Crippen molar-refractivity contribution in [3.05, 3.63) is 63.2 Å². The largest absolute Gasteiger partial charge is 0.493 e. The second kappa shape index (κ2) is 8.05. The lowest BCUT2D eigenvalue weighted by atomic mass is 9.99. The Morgan fingerprint density at radius 3 is 2.56 bits per heavy atom. The third kappa shape index (κ3) is 4.01. The molecule has 8 nitrogen and oxygen atoms in total. The number of amides is 1. The fourth-order valence-corrected chi connectivity index (χ4v) is 3.04. The lowest BCUT2D eigenvalue weighted by Crippen LogP contribution is -2.37. The summed E-state index contributed by atoms with van der Waals surface area (Å²) in [5, 5.41) is 14.1. The van der Waals surface area contributed by atoms with Crippen molar-refractivity contribution < 1.29 is 23.9 Å². The molecule has 1 amide bonds. The lowest BCUT2D eigenvalue weighted by Gasteiger charge is -2.25. The van der Waals surface area contributed by atoms with Crippen LogP contribution in [0, 0.1) is 10.1 Å². The summed E-state index contributed by atoms with van der Waals surface area (Å²) in [4.78, 5) is 23.3. The predicted molar refractivity (Wildman–Crippen MR) is 97.3 cm³/mol. The molecule has 1 atom stereocenters.